The Morgan fingerprint density at radius 1 is 1.28 bits per heavy atom. The van der Waals surface area contributed by atoms with Crippen LogP contribution in [0, 0.1) is 11.3 Å². The molecule has 1 fully saturated rings. The maximum atomic E-state index is 6.62. The van der Waals surface area contributed by atoms with Crippen LogP contribution in [-0.4, -0.2) is 5.60 Å². The molecule has 1 saturated carbocycles. The van der Waals surface area contributed by atoms with E-state index < -0.39 is 0 Å². The molecule has 0 bridgehead atoms. The number of benzene rings is 1. The van der Waals surface area contributed by atoms with Crippen molar-refractivity contribution in [2.75, 3.05) is 0 Å². The molecule has 2 heteroatoms. The van der Waals surface area contributed by atoms with E-state index in [-0.39, 0.29) is 11.0 Å². The average molecular weight is 265 g/mol. The zero-order chi connectivity index (χ0) is 13.1. The zero-order valence-corrected chi connectivity index (χ0v) is 12.3. The molecule has 1 aliphatic carbocycles. The van der Waals surface area contributed by atoms with Crippen molar-refractivity contribution in [3.63, 3.8) is 0 Å². The summed E-state index contributed by atoms with van der Waals surface area (Å²) < 4.78 is 5.90. The number of halogens is 1. The van der Waals surface area contributed by atoms with Crippen molar-refractivity contribution >= 4 is 11.6 Å². The van der Waals surface area contributed by atoms with Crippen molar-refractivity contribution in [1.29, 1.82) is 0 Å². The first-order valence-electron chi connectivity index (χ1n) is 6.74. The fourth-order valence-electron chi connectivity index (χ4n) is 3.04. The fourth-order valence-corrected chi connectivity index (χ4v) is 3.61. The molecule has 1 aliphatic heterocycles. The number of hydrogen-bond donors (Lipinski definition) is 0. The van der Waals surface area contributed by atoms with Crippen molar-refractivity contribution in [3.8, 4) is 5.75 Å². The highest BCUT2D eigenvalue weighted by molar-refractivity contribution is 6.21. The molecule has 0 aromatic heterocycles. The van der Waals surface area contributed by atoms with E-state index >= 15 is 0 Å². The van der Waals surface area contributed by atoms with E-state index in [4.69, 9.17) is 16.3 Å². The van der Waals surface area contributed by atoms with E-state index in [1.54, 1.807) is 0 Å². The second-order valence-electron chi connectivity index (χ2n) is 7.11. The predicted molar refractivity (Wildman–Crippen MR) is 75.3 cm³/mol. The summed E-state index contributed by atoms with van der Waals surface area (Å²) in [5, 5.41) is 0.147. The summed E-state index contributed by atoms with van der Waals surface area (Å²) >= 11 is 6.62. The Hall–Kier alpha value is -0.690. The van der Waals surface area contributed by atoms with E-state index in [2.05, 4.69) is 45.9 Å². The summed E-state index contributed by atoms with van der Waals surface area (Å²) in [7, 11) is 0. The Morgan fingerprint density at radius 3 is 2.56 bits per heavy atom. The van der Waals surface area contributed by atoms with Crippen molar-refractivity contribution in [3.05, 3.63) is 29.3 Å². The number of ether oxygens (including phenoxy) is 1. The van der Waals surface area contributed by atoms with E-state index in [9.17, 15) is 0 Å². The van der Waals surface area contributed by atoms with Crippen LogP contribution < -0.4 is 4.74 Å². The maximum absolute atomic E-state index is 6.62. The maximum Gasteiger partial charge on any atom is 0.123 e. The minimum absolute atomic E-state index is 0.0678. The molecule has 1 aromatic rings. The highest BCUT2D eigenvalue weighted by Crippen LogP contribution is 2.60. The normalized spacial score (nSPS) is 28.4. The molecule has 0 N–H and O–H groups in total. The Labute approximate surface area is 114 Å². The lowest BCUT2D eigenvalue weighted by atomic mass is 9.97. The van der Waals surface area contributed by atoms with Crippen molar-refractivity contribution in [2.45, 2.75) is 51.5 Å². The summed E-state index contributed by atoms with van der Waals surface area (Å²) in [5.41, 5.74) is 2.91. The van der Waals surface area contributed by atoms with Gasteiger partial charge < -0.3 is 4.74 Å². The third-order valence-electron chi connectivity index (χ3n) is 4.35. The van der Waals surface area contributed by atoms with Crippen LogP contribution in [-0.2, 0) is 6.42 Å². The van der Waals surface area contributed by atoms with Gasteiger partial charge in [-0.25, -0.2) is 0 Å². The van der Waals surface area contributed by atoms with Gasteiger partial charge in [-0.2, -0.15) is 0 Å². The standard InChI is InChI=1S/C16H21ClO/c1-15(2)9-12(15)14(17)10-5-6-13-11(7-10)8-16(3,4)18-13/h5-7,12,14H,8-9H2,1-4H3. The van der Waals surface area contributed by atoms with Crippen LogP contribution in [0.25, 0.3) is 0 Å². The quantitative estimate of drug-likeness (QED) is 0.702. The van der Waals surface area contributed by atoms with E-state index in [0.29, 0.717) is 11.3 Å². The molecule has 1 aromatic carbocycles. The lowest BCUT2D eigenvalue weighted by molar-refractivity contribution is 0.138. The number of alkyl halides is 1. The van der Waals surface area contributed by atoms with Gasteiger partial charge in [-0.05, 0) is 48.8 Å². The lowest BCUT2D eigenvalue weighted by Gasteiger charge is -2.16. The van der Waals surface area contributed by atoms with E-state index in [1.165, 1.54) is 17.5 Å². The van der Waals surface area contributed by atoms with Gasteiger partial charge in [-0.15, -0.1) is 11.6 Å². The van der Waals surface area contributed by atoms with Crippen molar-refractivity contribution < 1.29 is 4.74 Å². The van der Waals surface area contributed by atoms with E-state index in [0.717, 1.165) is 12.2 Å². The topological polar surface area (TPSA) is 9.23 Å². The van der Waals surface area contributed by atoms with Crippen LogP contribution in [0.4, 0.5) is 0 Å². The van der Waals surface area contributed by atoms with Crippen LogP contribution in [0.2, 0.25) is 0 Å². The summed E-state index contributed by atoms with van der Waals surface area (Å²) in [6.07, 6.45) is 2.22. The number of rotatable bonds is 2. The Morgan fingerprint density at radius 2 is 1.94 bits per heavy atom. The van der Waals surface area contributed by atoms with Crippen LogP contribution in [0.3, 0.4) is 0 Å². The van der Waals surface area contributed by atoms with Gasteiger partial charge in [0.2, 0.25) is 0 Å². The van der Waals surface area contributed by atoms with Crippen molar-refractivity contribution in [2.24, 2.45) is 11.3 Å². The third kappa shape index (κ3) is 2.03. The monoisotopic (exact) mass is 264 g/mol. The molecule has 18 heavy (non-hydrogen) atoms. The van der Waals surface area contributed by atoms with Gasteiger partial charge in [-0.1, -0.05) is 26.0 Å². The fraction of sp³-hybridized carbons (Fsp3) is 0.625. The van der Waals surface area contributed by atoms with Gasteiger partial charge in [-0.3, -0.25) is 0 Å². The Kier molecular flexibility index (Phi) is 2.51. The summed E-state index contributed by atoms with van der Waals surface area (Å²) in [6.45, 7) is 8.86. The molecule has 2 aliphatic rings. The minimum Gasteiger partial charge on any atom is -0.487 e. The van der Waals surface area contributed by atoms with Crippen LogP contribution in [0.5, 0.6) is 5.75 Å². The minimum atomic E-state index is -0.0678. The zero-order valence-electron chi connectivity index (χ0n) is 11.6. The third-order valence-corrected chi connectivity index (χ3v) is 4.90. The first-order chi connectivity index (χ1) is 8.28. The van der Waals surface area contributed by atoms with Crippen LogP contribution >= 0.6 is 11.6 Å². The summed E-state index contributed by atoms with van der Waals surface area (Å²) in [5.74, 6) is 1.65. The second-order valence-corrected chi connectivity index (χ2v) is 7.58. The molecule has 0 radical (unpaired) electrons. The highest BCUT2D eigenvalue weighted by atomic mass is 35.5. The molecular weight excluding hydrogens is 244 g/mol. The molecule has 1 heterocycles. The van der Waals surface area contributed by atoms with Gasteiger partial charge in [0.25, 0.3) is 0 Å². The Bertz CT molecular complexity index is 490. The molecule has 3 rings (SSSR count). The smallest absolute Gasteiger partial charge is 0.123 e. The average Bonchev–Trinajstić information content (AvgIpc) is 2.76. The molecule has 0 saturated heterocycles. The first-order valence-corrected chi connectivity index (χ1v) is 7.18. The van der Waals surface area contributed by atoms with Gasteiger partial charge in [0.05, 0.1) is 5.38 Å². The molecule has 2 unspecified atom stereocenters. The van der Waals surface area contributed by atoms with Gasteiger partial charge in [0.15, 0.2) is 0 Å². The highest BCUT2D eigenvalue weighted by Gasteiger charge is 2.50. The van der Waals surface area contributed by atoms with E-state index in [1.807, 2.05) is 0 Å². The largest absolute Gasteiger partial charge is 0.487 e. The molecule has 0 spiro atoms. The molecule has 1 nitrogen and oxygen atoms in total. The van der Waals surface area contributed by atoms with Gasteiger partial charge >= 0.3 is 0 Å². The number of hydrogen-bond acceptors (Lipinski definition) is 1. The summed E-state index contributed by atoms with van der Waals surface area (Å²) in [4.78, 5) is 0. The SMILES string of the molecule is CC1(C)Cc2cc(C(Cl)C3CC3(C)C)ccc2O1. The summed E-state index contributed by atoms with van der Waals surface area (Å²) in [6, 6.07) is 6.46. The molecule has 98 valence electrons. The number of fused-ring (bicyclic) bond motifs is 1. The van der Waals surface area contributed by atoms with Crippen LogP contribution in [0.1, 0.15) is 50.6 Å². The molecular formula is C16H21ClO. The van der Waals surface area contributed by atoms with Gasteiger partial charge in [0, 0.05) is 6.42 Å². The second kappa shape index (κ2) is 3.66. The predicted octanol–water partition coefficient (Wildman–Crippen LogP) is 4.73. The van der Waals surface area contributed by atoms with Crippen LogP contribution in [0.15, 0.2) is 18.2 Å². The van der Waals surface area contributed by atoms with Gasteiger partial charge in [0.1, 0.15) is 11.4 Å². The lowest BCUT2D eigenvalue weighted by Crippen LogP contribution is -2.24. The molecule has 2 atom stereocenters. The first kappa shape index (κ1) is 12.3. The Balaban J connectivity index is 1.84. The van der Waals surface area contributed by atoms with Crippen molar-refractivity contribution in [1.82, 2.24) is 0 Å². The molecule has 0 amide bonds.